The van der Waals surface area contributed by atoms with Crippen molar-refractivity contribution in [2.45, 2.75) is 40.0 Å². The zero-order valence-corrected chi connectivity index (χ0v) is 8.79. The van der Waals surface area contributed by atoms with Crippen LogP contribution < -0.4 is 0 Å². The monoisotopic (exact) mass is 200 g/mol. The summed E-state index contributed by atoms with van der Waals surface area (Å²) in [5, 5.41) is 8.32. The Labute approximate surface area is 83.3 Å². The topological polar surface area (TPSA) is 71.4 Å². The highest BCUT2D eigenvalue weighted by molar-refractivity contribution is 6.01. The van der Waals surface area contributed by atoms with E-state index in [9.17, 15) is 14.4 Å². The minimum absolute atomic E-state index is 0.0584. The summed E-state index contributed by atoms with van der Waals surface area (Å²) >= 11 is 0. The first-order valence-corrected chi connectivity index (χ1v) is 4.50. The van der Waals surface area contributed by atoms with E-state index in [1.807, 2.05) is 0 Å². The molecule has 4 nitrogen and oxygen atoms in total. The quantitative estimate of drug-likeness (QED) is 0.681. The van der Waals surface area contributed by atoms with Gasteiger partial charge >= 0.3 is 5.97 Å². The molecule has 0 aromatic carbocycles. The maximum atomic E-state index is 11.4. The van der Waals surface area contributed by atoms with Crippen LogP contribution in [0.1, 0.15) is 40.0 Å². The lowest BCUT2D eigenvalue weighted by atomic mass is 9.87. The van der Waals surface area contributed by atoms with Crippen LogP contribution in [0, 0.1) is 5.41 Å². The summed E-state index contributed by atoms with van der Waals surface area (Å²) in [6, 6.07) is 0. The summed E-state index contributed by atoms with van der Waals surface area (Å²) in [4.78, 5) is 32.6. The van der Waals surface area contributed by atoms with Crippen LogP contribution in [0.4, 0.5) is 0 Å². The minimum atomic E-state index is -1.01. The molecule has 0 aliphatic heterocycles. The van der Waals surface area contributed by atoms with Gasteiger partial charge in [0.05, 0.1) is 12.8 Å². The Balaban J connectivity index is 3.96. The van der Waals surface area contributed by atoms with E-state index < -0.39 is 11.4 Å². The number of Topliss-reactive ketones (excluding diaryl/α,β-unsaturated/α-hetero) is 2. The molecule has 0 aromatic heterocycles. The molecule has 0 radical (unpaired) electrons. The Morgan fingerprint density at radius 2 is 1.57 bits per heavy atom. The van der Waals surface area contributed by atoms with Crippen molar-refractivity contribution in [2.24, 2.45) is 5.41 Å². The van der Waals surface area contributed by atoms with E-state index in [1.54, 1.807) is 20.8 Å². The summed E-state index contributed by atoms with van der Waals surface area (Å²) in [7, 11) is 0. The van der Waals surface area contributed by atoms with Crippen LogP contribution in [-0.4, -0.2) is 22.6 Å². The second-order valence-corrected chi connectivity index (χ2v) is 4.28. The number of carbonyl (C=O) groups is 3. The molecule has 0 aliphatic rings. The lowest BCUT2D eigenvalue weighted by Crippen LogP contribution is -2.23. The predicted octanol–water partition coefficient (Wildman–Crippen LogP) is 1.43. The van der Waals surface area contributed by atoms with Crippen molar-refractivity contribution in [1.82, 2.24) is 0 Å². The highest BCUT2D eigenvalue weighted by Gasteiger charge is 2.23. The van der Waals surface area contributed by atoms with Gasteiger partial charge in [0.25, 0.3) is 0 Å². The molecular formula is C10H16O4. The molecule has 4 heteroatoms. The summed E-state index contributed by atoms with van der Waals surface area (Å²) in [5.41, 5.74) is -0.529. The summed E-state index contributed by atoms with van der Waals surface area (Å²) < 4.78 is 0. The Kier molecular flexibility index (Phi) is 4.47. The van der Waals surface area contributed by atoms with Crippen LogP contribution in [0.15, 0.2) is 0 Å². The zero-order chi connectivity index (χ0) is 11.4. The van der Waals surface area contributed by atoms with E-state index in [0.29, 0.717) is 0 Å². The SMILES string of the molecule is CC(C)(C)C(=O)CC(=O)CCC(=O)O. The first-order valence-electron chi connectivity index (χ1n) is 4.50. The number of aliphatic carboxylic acids is 1. The third-order valence-electron chi connectivity index (χ3n) is 1.81. The number of carboxylic acids is 1. The van der Waals surface area contributed by atoms with Gasteiger partial charge in [-0.25, -0.2) is 0 Å². The average Bonchev–Trinajstić information content (AvgIpc) is 1.99. The molecule has 0 fully saturated rings. The summed E-state index contributed by atoms with van der Waals surface area (Å²) in [6.45, 7) is 5.21. The lowest BCUT2D eigenvalue weighted by molar-refractivity contribution is -0.139. The fourth-order valence-electron chi connectivity index (χ4n) is 0.779. The van der Waals surface area contributed by atoms with Crippen molar-refractivity contribution in [1.29, 1.82) is 0 Å². The highest BCUT2D eigenvalue weighted by Crippen LogP contribution is 2.17. The summed E-state index contributed by atoms with van der Waals surface area (Å²) in [5.74, 6) is -1.46. The molecule has 80 valence electrons. The van der Waals surface area contributed by atoms with Crippen molar-refractivity contribution in [3.05, 3.63) is 0 Å². The molecule has 0 heterocycles. The van der Waals surface area contributed by atoms with Crippen LogP contribution >= 0.6 is 0 Å². The van der Waals surface area contributed by atoms with Gasteiger partial charge in [0, 0.05) is 11.8 Å². The Morgan fingerprint density at radius 1 is 1.07 bits per heavy atom. The molecule has 0 atom stereocenters. The second kappa shape index (κ2) is 4.88. The number of carbonyl (C=O) groups excluding carboxylic acids is 2. The highest BCUT2D eigenvalue weighted by atomic mass is 16.4. The zero-order valence-electron chi connectivity index (χ0n) is 8.79. The minimum Gasteiger partial charge on any atom is -0.481 e. The van der Waals surface area contributed by atoms with Crippen LogP contribution in [0.25, 0.3) is 0 Å². The number of rotatable bonds is 5. The first-order chi connectivity index (χ1) is 6.23. The van der Waals surface area contributed by atoms with E-state index >= 15 is 0 Å². The third-order valence-corrected chi connectivity index (χ3v) is 1.81. The van der Waals surface area contributed by atoms with Gasteiger partial charge in [-0.15, -0.1) is 0 Å². The molecule has 0 unspecified atom stereocenters. The summed E-state index contributed by atoms with van der Waals surface area (Å²) in [6.07, 6.45) is -0.413. The van der Waals surface area contributed by atoms with Gasteiger partial charge in [0.1, 0.15) is 11.6 Å². The van der Waals surface area contributed by atoms with Gasteiger partial charge in [-0.05, 0) is 0 Å². The van der Waals surface area contributed by atoms with Gasteiger partial charge in [0.2, 0.25) is 0 Å². The lowest BCUT2D eigenvalue weighted by Gasteiger charge is -2.15. The molecule has 0 rings (SSSR count). The molecular weight excluding hydrogens is 184 g/mol. The van der Waals surface area contributed by atoms with Crippen molar-refractivity contribution in [3.8, 4) is 0 Å². The number of hydrogen-bond donors (Lipinski definition) is 1. The van der Waals surface area contributed by atoms with E-state index in [-0.39, 0.29) is 30.8 Å². The number of hydrogen-bond acceptors (Lipinski definition) is 3. The molecule has 14 heavy (non-hydrogen) atoms. The standard InChI is InChI=1S/C10H16O4/c1-10(2,3)8(12)6-7(11)4-5-9(13)14/h4-6H2,1-3H3,(H,13,14). The normalized spacial score (nSPS) is 11.1. The molecule has 0 saturated heterocycles. The molecule has 0 amide bonds. The smallest absolute Gasteiger partial charge is 0.303 e. The predicted molar refractivity (Wildman–Crippen MR) is 51.0 cm³/mol. The average molecular weight is 200 g/mol. The van der Waals surface area contributed by atoms with E-state index in [1.165, 1.54) is 0 Å². The molecule has 0 spiro atoms. The van der Waals surface area contributed by atoms with Crippen molar-refractivity contribution >= 4 is 17.5 Å². The van der Waals surface area contributed by atoms with Crippen molar-refractivity contribution < 1.29 is 19.5 Å². The van der Waals surface area contributed by atoms with Gasteiger partial charge in [-0.1, -0.05) is 20.8 Å². The Morgan fingerprint density at radius 3 is 1.93 bits per heavy atom. The Bertz CT molecular complexity index is 247. The number of carboxylic acid groups (broad SMARTS) is 1. The largest absolute Gasteiger partial charge is 0.481 e. The number of ketones is 2. The molecule has 0 saturated carbocycles. The van der Waals surface area contributed by atoms with Crippen LogP contribution in [0.5, 0.6) is 0 Å². The Hall–Kier alpha value is -1.19. The van der Waals surface area contributed by atoms with Gasteiger partial charge < -0.3 is 5.11 Å². The van der Waals surface area contributed by atoms with Gasteiger partial charge in [-0.3, -0.25) is 14.4 Å². The fourth-order valence-corrected chi connectivity index (χ4v) is 0.779. The van der Waals surface area contributed by atoms with Gasteiger partial charge in [0.15, 0.2) is 0 Å². The van der Waals surface area contributed by atoms with Crippen LogP contribution in [0.3, 0.4) is 0 Å². The van der Waals surface area contributed by atoms with Crippen molar-refractivity contribution in [3.63, 3.8) is 0 Å². The molecule has 0 bridgehead atoms. The first kappa shape index (κ1) is 12.8. The third kappa shape index (κ3) is 5.45. The van der Waals surface area contributed by atoms with E-state index in [2.05, 4.69) is 0 Å². The van der Waals surface area contributed by atoms with E-state index in [0.717, 1.165) is 0 Å². The molecule has 0 aliphatic carbocycles. The second-order valence-electron chi connectivity index (χ2n) is 4.28. The van der Waals surface area contributed by atoms with E-state index in [4.69, 9.17) is 5.11 Å². The van der Waals surface area contributed by atoms with Crippen LogP contribution in [0.2, 0.25) is 0 Å². The van der Waals surface area contributed by atoms with Crippen molar-refractivity contribution in [2.75, 3.05) is 0 Å². The van der Waals surface area contributed by atoms with Gasteiger partial charge in [-0.2, -0.15) is 0 Å². The maximum absolute atomic E-state index is 11.4. The fraction of sp³-hybridized carbons (Fsp3) is 0.700. The molecule has 1 N–H and O–H groups in total. The molecule has 0 aromatic rings. The van der Waals surface area contributed by atoms with Crippen LogP contribution in [-0.2, 0) is 14.4 Å². The maximum Gasteiger partial charge on any atom is 0.303 e.